The quantitative estimate of drug-likeness (QED) is 0.742. The highest BCUT2D eigenvalue weighted by atomic mass is 35.5. The number of alkyl halides is 3. The average molecular weight is 208 g/mol. The second-order valence-corrected chi connectivity index (χ2v) is 2.91. The van der Waals surface area contributed by atoms with Crippen LogP contribution < -0.4 is 5.56 Å². The fourth-order valence-electron chi connectivity index (χ4n) is 1.01. The van der Waals surface area contributed by atoms with Crippen LogP contribution in [-0.4, -0.2) is 4.98 Å². The van der Waals surface area contributed by atoms with Crippen LogP contribution in [0.3, 0.4) is 0 Å². The lowest BCUT2D eigenvalue weighted by Gasteiger charge is -2.05. The van der Waals surface area contributed by atoms with Crippen LogP contribution in [0.5, 0.6) is 0 Å². The SMILES string of the molecule is Cc1[nH]c(=O)c(CCl)cc1C(F)F. The number of hydrogen-bond donors (Lipinski definition) is 1. The molecule has 0 radical (unpaired) electrons. The molecule has 13 heavy (non-hydrogen) atoms. The molecule has 0 saturated carbocycles. The summed E-state index contributed by atoms with van der Waals surface area (Å²) >= 11 is 5.40. The Morgan fingerprint density at radius 3 is 2.69 bits per heavy atom. The lowest BCUT2D eigenvalue weighted by Crippen LogP contribution is -2.14. The number of nitrogens with one attached hydrogen (secondary N) is 1. The largest absolute Gasteiger partial charge is 0.326 e. The molecule has 0 fully saturated rings. The minimum Gasteiger partial charge on any atom is -0.326 e. The Bertz CT molecular complexity index is 362. The van der Waals surface area contributed by atoms with Crippen LogP contribution in [0, 0.1) is 6.92 Å². The lowest BCUT2D eigenvalue weighted by atomic mass is 10.1. The van der Waals surface area contributed by atoms with E-state index in [-0.39, 0.29) is 22.7 Å². The Balaban J connectivity index is 3.31. The first-order valence-electron chi connectivity index (χ1n) is 3.63. The zero-order valence-electron chi connectivity index (χ0n) is 6.90. The smallest absolute Gasteiger partial charge is 0.265 e. The molecule has 0 bridgehead atoms. The molecular weight excluding hydrogens is 200 g/mol. The molecular formula is C8H8ClF2NO. The minimum absolute atomic E-state index is 0.0602. The van der Waals surface area contributed by atoms with Gasteiger partial charge in [0.15, 0.2) is 0 Å². The average Bonchev–Trinajstić information content (AvgIpc) is 2.03. The molecule has 1 heterocycles. The summed E-state index contributed by atoms with van der Waals surface area (Å²) in [6, 6.07) is 1.14. The van der Waals surface area contributed by atoms with Gasteiger partial charge in [-0.15, -0.1) is 11.6 Å². The monoisotopic (exact) mass is 207 g/mol. The van der Waals surface area contributed by atoms with Gasteiger partial charge in [0.2, 0.25) is 0 Å². The second-order valence-electron chi connectivity index (χ2n) is 2.64. The van der Waals surface area contributed by atoms with E-state index in [0.29, 0.717) is 0 Å². The van der Waals surface area contributed by atoms with Crippen LogP contribution in [0.2, 0.25) is 0 Å². The molecule has 72 valence electrons. The van der Waals surface area contributed by atoms with Gasteiger partial charge in [0, 0.05) is 16.8 Å². The molecule has 0 unspecified atom stereocenters. The summed E-state index contributed by atoms with van der Waals surface area (Å²) in [7, 11) is 0. The molecule has 0 aliphatic carbocycles. The van der Waals surface area contributed by atoms with Crippen LogP contribution in [0.15, 0.2) is 10.9 Å². The van der Waals surface area contributed by atoms with Gasteiger partial charge >= 0.3 is 0 Å². The maximum atomic E-state index is 12.3. The summed E-state index contributed by atoms with van der Waals surface area (Å²) in [5, 5.41) is 0. The van der Waals surface area contributed by atoms with Crippen LogP contribution in [0.25, 0.3) is 0 Å². The molecule has 5 heteroatoms. The number of hydrogen-bond acceptors (Lipinski definition) is 1. The third-order valence-electron chi connectivity index (χ3n) is 1.73. The standard InChI is InChI=1S/C8H8ClF2NO/c1-4-6(7(10)11)2-5(3-9)8(13)12-4/h2,7H,3H2,1H3,(H,12,13). The van der Waals surface area contributed by atoms with E-state index in [1.807, 2.05) is 0 Å². The summed E-state index contributed by atoms with van der Waals surface area (Å²) in [6.07, 6.45) is -2.58. The molecule has 1 aromatic rings. The van der Waals surface area contributed by atoms with Crippen molar-refractivity contribution in [2.45, 2.75) is 19.2 Å². The van der Waals surface area contributed by atoms with E-state index in [2.05, 4.69) is 4.98 Å². The Morgan fingerprint density at radius 1 is 1.62 bits per heavy atom. The molecule has 1 aromatic heterocycles. The summed E-state index contributed by atoms with van der Waals surface area (Å²) < 4.78 is 24.6. The van der Waals surface area contributed by atoms with Crippen molar-refractivity contribution in [2.75, 3.05) is 0 Å². The molecule has 0 aliphatic heterocycles. The van der Waals surface area contributed by atoms with Crippen molar-refractivity contribution < 1.29 is 8.78 Å². The van der Waals surface area contributed by atoms with Gasteiger partial charge in [-0.25, -0.2) is 8.78 Å². The molecule has 0 spiro atoms. The van der Waals surface area contributed by atoms with E-state index in [4.69, 9.17) is 11.6 Å². The highest BCUT2D eigenvalue weighted by Crippen LogP contribution is 2.20. The number of H-pyrrole nitrogens is 1. The number of aromatic amines is 1. The van der Waals surface area contributed by atoms with Crippen LogP contribution >= 0.6 is 11.6 Å². The number of aryl methyl sites for hydroxylation is 1. The van der Waals surface area contributed by atoms with Crippen LogP contribution in [0.1, 0.15) is 23.2 Å². The normalized spacial score (nSPS) is 10.8. The summed E-state index contributed by atoms with van der Waals surface area (Å²) in [5.74, 6) is -0.0602. The Kier molecular flexibility index (Phi) is 3.03. The molecule has 2 nitrogen and oxygen atoms in total. The Labute approximate surface area is 78.5 Å². The summed E-state index contributed by atoms with van der Waals surface area (Å²) in [5.41, 5.74) is -0.219. The summed E-state index contributed by atoms with van der Waals surface area (Å²) in [4.78, 5) is 13.4. The van der Waals surface area contributed by atoms with Crippen molar-refractivity contribution in [3.05, 3.63) is 33.2 Å². The third kappa shape index (κ3) is 2.06. The van der Waals surface area contributed by atoms with E-state index in [0.717, 1.165) is 6.07 Å². The number of aromatic nitrogens is 1. The van der Waals surface area contributed by atoms with Gasteiger partial charge in [0.05, 0.1) is 5.88 Å². The molecule has 0 aromatic carbocycles. The van der Waals surface area contributed by atoms with E-state index >= 15 is 0 Å². The first kappa shape index (κ1) is 10.2. The molecule has 0 saturated heterocycles. The minimum atomic E-state index is -2.58. The topological polar surface area (TPSA) is 32.9 Å². The Morgan fingerprint density at radius 2 is 2.23 bits per heavy atom. The van der Waals surface area contributed by atoms with Crippen molar-refractivity contribution in [3.63, 3.8) is 0 Å². The van der Waals surface area contributed by atoms with Gasteiger partial charge in [-0.2, -0.15) is 0 Å². The zero-order chi connectivity index (χ0) is 10.0. The molecule has 0 amide bonds. The third-order valence-corrected chi connectivity index (χ3v) is 2.02. The lowest BCUT2D eigenvalue weighted by molar-refractivity contribution is 0.150. The molecule has 0 atom stereocenters. The van der Waals surface area contributed by atoms with Crippen molar-refractivity contribution in [1.29, 1.82) is 0 Å². The number of pyridine rings is 1. The van der Waals surface area contributed by atoms with E-state index < -0.39 is 12.0 Å². The van der Waals surface area contributed by atoms with Crippen molar-refractivity contribution in [3.8, 4) is 0 Å². The van der Waals surface area contributed by atoms with Crippen molar-refractivity contribution in [2.24, 2.45) is 0 Å². The second kappa shape index (κ2) is 3.87. The molecule has 0 aliphatic rings. The van der Waals surface area contributed by atoms with Crippen molar-refractivity contribution >= 4 is 11.6 Å². The Hall–Kier alpha value is -0.900. The van der Waals surface area contributed by atoms with Gasteiger partial charge in [0.25, 0.3) is 12.0 Å². The zero-order valence-corrected chi connectivity index (χ0v) is 7.66. The first-order chi connectivity index (χ1) is 6.06. The fourth-order valence-corrected chi connectivity index (χ4v) is 1.21. The van der Waals surface area contributed by atoms with Gasteiger partial charge < -0.3 is 4.98 Å². The van der Waals surface area contributed by atoms with E-state index in [1.54, 1.807) is 0 Å². The van der Waals surface area contributed by atoms with Gasteiger partial charge in [-0.1, -0.05) is 0 Å². The van der Waals surface area contributed by atoms with E-state index in [9.17, 15) is 13.6 Å². The maximum Gasteiger partial charge on any atom is 0.265 e. The number of rotatable bonds is 2. The highest BCUT2D eigenvalue weighted by molar-refractivity contribution is 6.17. The maximum absolute atomic E-state index is 12.3. The van der Waals surface area contributed by atoms with E-state index in [1.165, 1.54) is 6.92 Å². The van der Waals surface area contributed by atoms with Crippen LogP contribution in [0.4, 0.5) is 8.78 Å². The van der Waals surface area contributed by atoms with Gasteiger partial charge in [-0.3, -0.25) is 4.79 Å². The first-order valence-corrected chi connectivity index (χ1v) is 4.16. The predicted molar refractivity (Wildman–Crippen MR) is 46.3 cm³/mol. The molecule has 1 rings (SSSR count). The fraction of sp³-hybridized carbons (Fsp3) is 0.375. The van der Waals surface area contributed by atoms with Crippen LogP contribution in [-0.2, 0) is 5.88 Å². The summed E-state index contributed by atoms with van der Waals surface area (Å²) in [6.45, 7) is 1.43. The predicted octanol–water partition coefficient (Wildman–Crippen LogP) is 2.36. The van der Waals surface area contributed by atoms with Gasteiger partial charge in [0.1, 0.15) is 0 Å². The van der Waals surface area contributed by atoms with Gasteiger partial charge in [-0.05, 0) is 13.0 Å². The van der Waals surface area contributed by atoms with Crippen molar-refractivity contribution in [1.82, 2.24) is 4.98 Å². The highest BCUT2D eigenvalue weighted by Gasteiger charge is 2.13. The molecule has 1 N–H and O–H groups in total. The number of halogens is 3.